The number of nitrogens with zero attached hydrogens (tertiary/aromatic N) is 1. The molecule has 0 fully saturated rings. The van der Waals surface area contributed by atoms with Gasteiger partial charge in [0, 0.05) is 12.2 Å². The van der Waals surface area contributed by atoms with Crippen LogP contribution in [0.5, 0.6) is 5.75 Å². The van der Waals surface area contributed by atoms with Gasteiger partial charge in [0.05, 0.1) is 13.2 Å². The van der Waals surface area contributed by atoms with Crippen molar-refractivity contribution in [3.8, 4) is 5.75 Å². The van der Waals surface area contributed by atoms with Crippen molar-refractivity contribution in [1.82, 2.24) is 4.90 Å². The molecule has 0 bridgehead atoms. The third-order valence-electron chi connectivity index (χ3n) is 4.01. The highest BCUT2D eigenvalue weighted by atomic mass is 19.1. The summed E-state index contributed by atoms with van der Waals surface area (Å²) in [4.78, 5) is 14.2. The minimum absolute atomic E-state index is 0.102. The Morgan fingerprint density at radius 2 is 1.92 bits per heavy atom. The smallest absolute Gasteiger partial charge is 0.241 e. The van der Waals surface area contributed by atoms with E-state index in [4.69, 9.17) is 4.74 Å². The van der Waals surface area contributed by atoms with Crippen molar-refractivity contribution in [2.24, 2.45) is 0 Å². The number of methoxy groups -OCH3 is 1. The Morgan fingerprint density at radius 1 is 1.25 bits per heavy atom. The number of hydrogen-bond donors (Lipinski definition) is 1. The van der Waals surface area contributed by atoms with E-state index < -0.39 is 5.82 Å². The van der Waals surface area contributed by atoms with Gasteiger partial charge in [-0.1, -0.05) is 23.8 Å². The minimum Gasteiger partial charge on any atom is -0.494 e. The lowest BCUT2D eigenvalue weighted by Gasteiger charge is -2.24. The van der Waals surface area contributed by atoms with Crippen LogP contribution >= 0.6 is 0 Å². The number of ether oxygens (including phenoxy) is 1. The van der Waals surface area contributed by atoms with Gasteiger partial charge in [0.15, 0.2) is 11.6 Å². The number of nitrogens with one attached hydrogen (secondary N) is 1. The van der Waals surface area contributed by atoms with E-state index in [2.05, 4.69) is 5.32 Å². The number of likely N-dealkylation sites (N-methyl/N-ethyl adjacent to an activating group) is 1. The predicted molar refractivity (Wildman–Crippen MR) is 93.7 cm³/mol. The highest BCUT2D eigenvalue weighted by Crippen LogP contribution is 2.19. The second-order valence-electron chi connectivity index (χ2n) is 5.92. The maximum atomic E-state index is 13.8. The zero-order valence-electron chi connectivity index (χ0n) is 14.5. The number of benzene rings is 2. The van der Waals surface area contributed by atoms with E-state index in [9.17, 15) is 9.18 Å². The highest BCUT2D eigenvalue weighted by molar-refractivity contribution is 5.94. The Morgan fingerprint density at radius 3 is 2.50 bits per heavy atom. The van der Waals surface area contributed by atoms with Gasteiger partial charge in [-0.2, -0.15) is 0 Å². The van der Waals surface area contributed by atoms with Gasteiger partial charge in [-0.3, -0.25) is 9.69 Å². The molecule has 1 amide bonds. The summed E-state index contributed by atoms with van der Waals surface area (Å²) in [5, 5.41) is 2.89. The molecule has 0 aliphatic carbocycles. The SMILES string of the molecule is COc1ccc(CN(C)C(C)C(=O)Nc2ccc(C)cc2)cc1F. The first kappa shape index (κ1) is 17.9. The maximum absolute atomic E-state index is 13.8. The summed E-state index contributed by atoms with van der Waals surface area (Å²) in [6.07, 6.45) is 0. The number of hydrogen-bond acceptors (Lipinski definition) is 3. The molecule has 0 aromatic heterocycles. The molecule has 24 heavy (non-hydrogen) atoms. The molecular weight excluding hydrogens is 307 g/mol. The van der Waals surface area contributed by atoms with Gasteiger partial charge in [-0.25, -0.2) is 4.39 Å². The summed E-state index contributed by atoms with van der Waals surface area (Å²) >= 11 is 0. The Balaban J connectivity index is 1.97. The molecule has 0 heterocycles. The van der Waals surface area contributed by atoms with Crippen LogP contribution in [0.15, 0.2) is 42.5 Å². The van der Waals surface area contributed by atoms with Crippen molar-refractivity contribution in [3.05, 3.63) is 59.4 Å². The van der Waals surface area contributed by atoms with Crippen LogP contribution in [-0.4, -0.2) is 31.0 Å². The molecule has 2 aromatic rings. The molecule has 0 radical (unpaired) electrons. The highest BCUT2D eigenvalue weighted by Gasteiger charge is 2.18. The van der Waals surface area contributed by atoms with Crippen LogP contribution in [0.25, 0.3) is 0 Å². The summed E-state index contributed by atoms with van der Waals surface area (Å²) in [5.41, 5.74) is 2.69. The third kappa shape index (κ3) is 4.55. The van der Waals surface area contributed by atoms with Gasteiger partial charge in [0.2, 0.25) is 5.91 Å². The van der Waals surface area contributed by atoms with E-state index >= 15 is 0 Å². The van der Waals surface area contributed by atoms with E-state index in [-0.39, 0.29) is 17.7 Å². The summed E-state index contributed by atoms with van der Waals surface area (Å²) in [6.45, 7) is 4.28. The Kier molecular flexibility index (Phi) is 5.93. The molecular formula is C19H23FN2O2. The summed E-state index contributed by atoms with van der Waals surface area (Å²) < 4.78 is 18.7. The van der Waals surface area contributed by atoms with Gasteiger partial charge in [-0.05, 0) is 50.7 Å². The zero-order chi connectivity index (χ0) is 17.7. The summed E-state index contributed by atoms with van der Waals surface area (Å²) in [7, 11) is 3.27. The van der Waals surface area contributed by atoms with Gasteiger partial charge >= 0.3 is 0 Å². The van der Waals surface area contributed by atoms with Crippen molar-refractivity contribution in [2.45, 2.75) is 26.4 Å². The molecule has 2 aromatic carbocycles. The molecule has 0 saturated carbocycles. The van der Waals surface area contributed by atoms with Gasteiger partial charge in [0.25, 0.3) is 0 Å². The zero-order valence-corrected chi connectivity index (χ0v) is 14.5. The lowest BCUT2D eigenvalue weighted by molar-refractivity contribution is -0.120. The average molecular weight is 330 g/mol. The van der Waals surface area contributed by atoms with Crippen LogP contribution in [-0.2, 0) is 11.3 Å². The minimum atomic E-state index is -0.403. The fraction of sp³-hybridized carbons (Fsp3) is 0.316. The number of aryl methyl sites for hydroxylation is 1. The van der Waals surface area contributed by atoms with Crippen LogP contribution in [0, 0.1) is 12.7 Å². The van der Waals surface area contributed by atoms with Crippen molar-refractivity contribution >= 4 is 11.6 Å². The molecule has 4 nitrogen and oxygen atoms in total. The van der Waals surface area contributed by atoms with Crippen molar-refractivity contribution < 1.29 is 13.9 Å². The first-order valence-corrected chi connectivity index (χ1v) is 7.81. The van der Waals surface area contributed by atoms with E-state index in [0.717, 1.165) is 16.8 Å². The number of halogens is 1. The first-order chi connectivity index (χ1) is 11.4. The molecule has 2 rings (SSSR count). The van der Waals surface area contributed by atoms with Crippen molar-refractivity contribution in [1.29, 1.82) is 0 Å². The summed E-state index contributed by atoms with van der Waals surface area (Å²) in [6, 6.07) is 12.1. The Labute approximate surface area is 142 Å². The molecule has 128 valence electrons. The Hall–Kier alpha value is -2.40. The normalized spacial score (nSPS) is 12.1. The van der Waals surface area contributed by atoms with Crippen molar-refractivity contribution in [3.63, 3.8) is 0 Å². The Bertz CT molecular complexity index is 701. The number of anilines is 1. The largest absolute Gasteiger partial charge is 0.494 e. The lowest BCUT2D eigenvalue weighted by atomic mass is 10.1. The van der Waals surface area contributed by atoms with Crippen LogP contribution in [0.2, 0.25) is 0 Å². The second-order valence-corrected chi connectivity index (χ2v) is 5.92. The molecule has 0 aliphatic rings. The monoisotopic (exact) mass is 330 g/mol. The van der Waals surface area contributed by atoms with E-state index in [0.29, 0.717) is 6.54 Å². The van der Waals surface area contributed by atoms with Crippen LogP contribution in [0.3, 0.4) is 0 Å². The number of amides is 1. The van der Waals surface area contributed by atoms with Crippen LogP contribution in [0.1, 0.15) is 18.1 Å². The fourth-order valence-corrected chi connectivity index (χ4v) is 2.32. The van der Waals surface area contributed by atoms with E-state index in [1.165, 1.54) is 13.2 Å². The standard InChI is InChI=1S/C19H23FN2O2/c1-13-5-8-16(9-6-13)21-19(23)14(2)22(3)12-15-7-10-18(24-4)17(20)11-15/h5-11,14H,12H2,1-4H3,(H,21,23). The molecule has 0 aliphatic heterocycles. The molecule has 0 saturated heterocycles. The molecule has 1 atom stereocenters. The van der Waals surface area contributed by atoms with E-state index in [1.54, 1.807) is 12.1 Å². The number of carbonyl (C=O) groups is 1. The average Bonchev–Trinajstić information content (AvgIpc) is 2.56. The predicted octanol–water partition coefficient (Wildman–Crippen LogP) is 3.60. The quantitative estimate of drug-likeness (QED) is 0.880. The molecule has 1 N–H and O–H groups in total. The maximum Gasteiger partial charge on any atom is 0.241 e. The second kappa shape index (κ2) is 7.93. The number of carbonyl (C=O) groups excluding carboxylic acids is 1. The topological polar surface area (TPSA) is 41.6 Å². The van der Waals surface area contributed by atoms with Gasteiger partial charge in [-0.15, -0.1) is 0 Å². The lowest BCUT2D eigenvalue weighted by Crippen LogP contribution is -2.39. The van der Waals surface area contributed by atoms with E-state index in [1.807, 2.05) is 50.1 Å². The van der Waals surface area contributed by atoms with Crippen molar-refractivity contribution in [2.75, 3.05) is 19.5 Å². The van der Waals surface area contributed by atoms with Crippen LogP contribution < -0.4 is 10.1 Å². The van der Waals surface area contributed by atoms with Gasteiger partial charge in [0.1, 0.15) is 0 Å². The number of rotatable bonds is 6. The first-order valence-electron chi connectivity index (χ1n) is 7.81. The molecule has 0 spiro atoms. The summed E-state index contributed by atoms with van der Waals surface area (Å²) in [5.74, 6) is -0.290. The molecule has 5 heteroatoms. The molecule has 1 unspecified atom stereocenters. The van der Waals surface area contributed by atoms with Gasteiger partial charge < -0.3 is 10.1 Å². The van der Waals surface area contributed by atoms with Crippen LogP contribution in [0.4, 0.5) is 10.1 Å². The third-order valence-corrected chi connectivity index (χ3v) is 4.01. The fourth-order valence-electron chi connectivity index (χ4n) is 2.32.